The van der Waals surface area contributed by atoms with Gasteiger partial charge >= 0.3 is 0 Å². The van der Waals surface area contributed by atoms with Crippen LogP contribution < -0.4 is 9.47 Å². The van der Waals surface area contributed by atoms with Crippen LogP contribution in [-0.4, -0.2) is 24.2 Å². The molecule has 4 heteroatoms. The zero-order valence-corrected chi connectivity index (χ0v) is 10.6. The van der Waals surface area contributed by atoms with Crippen molar-refractivity contribution >= 4 is 15.9 Å². The van der Waals surface area contributed by atoms with Crippen LogP contribution in [0.15, 0.2) is 18.2 Å². The number of aliphatic hydroxyl groups excluding tert-OH is 1. The molecule has 3 nitrogen and oxygen atoms in total. The highest BCUT2D eigenvalue weighted by atomic mass is 79.9. The first-order valence-electron chi connectivity index (χ1n) is 4.64. The van der Waals surface area contributed by atoms with Gasteiger partial charge < -0.3 is 14.6 Å². The van der Waals surface area contributed by atoms with Crippen LogP contribution in [0, 0.1) is 0 Å². The van der Waals surface area contributed by atoms with Gasteiger partial charge in [-0.25, -0.2) is 0 Å². The Morgan fingerprint density at radius 1 is 1.20 bits per heavy atom. The van der Waals surface area contributed by atoms with Crippen molar-refractivity contribution in [1.82, 2.24) is 0 Å². The average molecular weight is 275 g/mol. The average Bonchev–Trinajstić information content (AvgIpc) is 2.26. The molecule has 1 N–H and O–H groups in total. The third-order valence-corrected chi connectivity index (χ3v) is 2.68. The van der Waals surface area contributed by atoms with Crippen LogP contribution in [0.4, 0.5) is 0 Å². The molecule has 0 unspecified atom stereocenters. The van der Waals surface area contributed by atoms with E-state index < -0.39 is 6.10 Å². The summed E-state index contributed by atoms with van der Waals surface area (Å²) in [7, 11) is 3.16. The van der Waals surface area contributed by atoms with Gasteiger partial charge in [0.25, 0.3) is 0 Å². The molecule has 84 valence electrons. The monoisotopic (exact) mass is 274 g/mol. The summed E-state index contributed by atoms with van der Waals surface area (Å²) in [5, 5.41) is 9.84. The SMILES string of the molecule is COc1ccc([C@H](O)[C@H](C)Br)cc1OC. The Labute approximate surface area is 98.1 Å². The Kier molecular flexibility index (Phi) is 4.42. The number of rotatable bonds is 4. The molecular formula is C11H15BrO3. The minimum Gasteiger partial charge on any atom is -0.493 e. The molecule has 0 fully saturated rings. The van der Waals surface area contributed by atoms with E-state index in [2.05, 4.69) is 15.9 Å². The van der Waals surface area contributed by atoms with Crippen molar-refractivity contribution in [1.29, 1.82) is 0 Å². The van der Waals surface area contributed by atoms with Crippen LogP contribution in [0.1, 0.15) is 18.6 Å². The summed E-state index contributed by atoms with van der Waals surface area (Å²) in [5.41, 5.74) is 0.803. The predicted octanol–water partition coefficient (Wildman–Crippen LogP) is 2.52. The molecule has 0 aliphatic carbocycles. The van der Waals surface area contributed by atoms with E-state index >= 15 is 0 Å². The topological polar surface area (TPSA) is 38.7 Å². The predicted molar refractivity (Wildman–Crippen MR) is 62.9 cm³/mol. The van der Waals surface area contributed by atoms with E-state index in [0.717, 1.165) is 5.56 Å². The lowest BCUT2D eigenvalue weighted by molar-refractivity contribution is 0.181. The van der Waals surface area contributed by atoms with Crippen LogP contribution in [0.3, 0.4) is 0 Å². The summed E-state index contributed by atoms with van der Waals surface area (Å²) in [6.45, 7) is 1.89. The number of aliphatic hydroxyl groups is 1. The Balaban J connectivity index is 3.02. The highest BCUT2D eigenvalue weighted by Crippen LogP contribution is 2.32. The Hall–Kier alpha value is -0.740. The molecular weight excluding hydrogens is 260 g/mol. The summed E-state index contributed by atoms with van der Waals surface area (Å²) in [6.07, 6.45) is -0.551. The lowest BCUT2D eigenvalue weighted by Crippen LogP contribution is -2.07. The van der Waals surface area contributed by atoms with Crippen LogP contribution in [0.2, 0.25) is 0 Å². The second-order valence-corrected chi connectivity index (χ2v) is 4.68. The van der Waals surface area contributed by atoms with E-state index in [1.807, 2.05) is 13.0 Å². The second kappa shape index (κ2) is 5.37. The normalized spacial score (nSPS) is 14.5. The van der Waals surface area contributed by atoms with E-state index in [0.29, 0.717) is 11.5 Å². The number of benzene rings is 1. The number of alkyl halides is 1. The van der Waals surface area contributed by atoms with E-state index in [9.17, 15) is 5.11 Å². The highest BCUT2D eigenvalue weighted by molar-refractivity contribution is 9.09. The van der Waals surface area contributed by atoms with Gasteiger partial charge in [-0.2, -0.15) is 0 Å². The van der Waals surface area contributed by atoms with Gasteiger partial charge in [0.15, 0.2) is 11.5 Å². The van der Waals surface area contributed by atoms with Crippen molar-refractivity contribution in [3.63, 3.8) is 0 Å². The fourth-order valence-corrected chi connectivity index (χ4v) is 1.61. The van der Waals surface area contributed by atoms with Gasteiger partial charge in [0.05, 0.1) is 20.3 Å². The summed E-state index contributed by atoms with van der Waals surface area (Å²) in [5.74, 6) is 1.29. The molecule has 0 bridgehead atoms. The van der Waals surface area contributed by atoms with Crippen molar-refractivity contribution in [3.8, 4) is 11.5 Å². The molecule has 0 amide bonds. The smallest absolute Gasteiger partial charge is 0.161 e. The summed E-state index contributed by atoms with van der Waals surface area (Å²) in [4.78, 5) is -0.00407. The number of hydrogen-bond acceptors (Lipinski definition) is 3. The highest BCUT2D eigenvalue weighted by Gasteiger charge is 2.15. The maximum atomic E-state index is 9.84. The van der Waals surface area contributed by atoms with Crippen LogP contribution in [-0.2, 0) is 0 Å². The van der Waals surface area contributed by atoms with Gasteiger partial charge in [-0.1, -0.05) is 22.0 Å². The van der Waals surface area contributed by atoms with E-state index in [1.165, 1.54) is 0 Å². The molecule has 1 aromatic carbocycles. The van der Waals surface area contributed by atoms with Gasteiger partial charge in [0.2, 0.25) is 0 Å². The minimum absolute atomic E-state index is 0.00407. The Morgan fingerprint density at radius 2 is 1.80 bits per heavy atom. The lowest BCUT2D eigenvalue weighted by atomic mass is 10.1. The summed E-state index contributed by atoms with van der Waals surface area (Å²) >= 11 is 3.34. The number of ether oxygens (including phenoxy) is 2. The number of hydrogen-bond donors (Lipinski definition) is 1. The third kappa shape index (κ3) is 2.86. The summed E-state index contributed by atoms with van der Waals surface area (Å²) in [6, 6.07) is 5.39. The number of methoxy groups -OCH3 is 2. The van der Waals surface area contributed by atoms with Gasteiger partial charge in [0.1, 0.15) is 0 Å². The fourth-order valence-electron chi connectivity index (χ4n) is 1.30. The second-order valence-electron chi connectivity index (χ2n) is 3.24. The number of halogens is 1. The molecule has 1 rings (SSSR count). The van der Waals surface area contributed by atoms with Crippen molar-refractivity contribution < 1.29 is 14.6 Å². The standard InChI is InChI=1S/C11H15BrO3/c1-7(12)11(13)8-4-5-9(14-2)10(6-8)15-3/h4-7,11,13H,1-3H3/t7-,11+/m0/s1. The van der Waals surface area contributed by atoms with Crippen molar-refractivity contribution in [2.75, 3.05) is 14.2 Å². The lowest BCUT2D eigenvalue weighted by Gasteiger charge is -2.15. The maximum absolute atomic E-state index is 9.84. The third-order valence-electron chi connectivity index (χ3n) is 2.18. The van der Waals surface area contributed by atoms with E-state index in [4.69, 9.17) is 9.47 Å². The first kappa shape index (κ1) is 12.3. The zero-order chi connectivity index (χ0) is 11.4. The molecule has 0 aliphatic rings. The quantitative estimate of drug-likeness (QED) is 0.858. The molecule has 0 heterocycles. The minimum atomic E-state index is -0.551. The molecule has 0 radical (unpaired) electrons. The van der Waals surface area contributed by atoms with Crippen LogP contribution >= 0.6 is 15.9 Å². The molecule has 0 saturated carbocycles. The molecule has 0 aromatic heterocycles. The largest absolute Gasteiger partial charge is 0.493 e. The van der Waals surface area contributed by atoms with Gasteiger partial charge in [-0.15, -0.1) is 0 Å². The van der Waals surface area contributed by atoms with Crippen molar-refractivity contribution in [2.24, 2.45) is 0 Å². The van der Waals surface area contributed by atoms with Gasteiger partial charge in [0, 0.05) is 4.83 Å². The van der Waals surface area contributed by atoms with Crippen molar-refractivity contribution in [3.05, 3.63) is 23.8 Å². The molecule has 0 spiro atoms. The Morgan fingerprint density at radius 3 is 2.27 bits per heavy atom. The zero-order valence-electron chi connectivity index (χ0n) is 9.03. The van der Waals surface area contributed by atoms with Gasteiger partial charge in [-0.05, 0) is 24.6 Å². The first-order chi connectivity index (χ1) is 7.10. The molecule has 1 aromatic rings. The van der Waals surface area contributed by atoms with Gasteiger partial charge in [-0.3, -0.25) is 0 Å². The molecule has 15 heavy (non-hydrogen) atoms. The maximum Gasteiger partial charge on any atom is 0.161 e. The molecule has 0 aliphatic heterocycles. The first-order valence-corrected chi connectivity index (χ1v) is 5.55. The van der Waals surface area contributed by atoms with Crippen molar-refractivity contribution in [2.45, 2.75) is 17.9 Å². The summed E-state index contributed by atoms with van der Waals surface area (Å²) < 4.78 is 10.3. The Bertz CT molecular complexity index is 326. The molecule has 0 saturated heterocycles. The van der Waals surface area contributed by atoms with Crippen LogP contribution in [0.5, 0.6) is 11.5 Å². The van der Waals surface area contributed by atoms with E-state index in [-0.39, 0.29) is 4.83 Å². The molecule has 2 atom stereocenters. The fraction of sp³-hybridized carbons (Fsp3) is 0.455. The van der Waals surface area contributed by atoms with E-state index in [1.54, 1.807) is 26.4 Å². The van der Waals surface area contributed by atoms with Crippen LogP contribution in [0.25, 0.3) is 0 Å².